The number of hydrogen-bond donors (Lipinski definition) is 2. The van der Waals surface area contributed by atoms with Crippen LogP contribution in [-0.4, -0.2) is 42.0 Å². The van der Waals surface area contributed by atoms with Gasteiger partial charge in [0.1, 0.15) is 0 Å². The molecule has 0 aromatic heterocycles. The normalized spacial score (nSPS) is 38.8. The number of nitrogens with zero attached hydrogens (tertiary/aromatic N) is 1. The predicted molar refractivity (Wildman–Crippen MR) is 59.4 cm³/mol. The summed E-state index contributed by atoms with van der Waals surface area (Å²) in [5.74, 6) is 0.167. The fraction of sp³-hybridized carbons (Fsp3) is 0.909. The highest BCUT2D eigenvalue weighted by atomic mass is 16.2. The van der Waals surface area contributed by atoms with Crippen LogP contribution in [0.4, 0.5) is 0 Å². The van der Waals surface area contributed by atoms with Crippen LogP contribution in [0.2, 0.25) is 0 Å². The fourth-order valence-corrected chi connectivity index (χ4v) is 2.80. The third-order valence-corrected chi connectivity index (χ3v) is 3.70. The second-order valence-electron chi connectivity index (χ2n) is 4.79. The van der Waals surface area contributed by atoms with Crippen molar-refractivity contribution in [2.24, 2.45) is 5.73 Å². The third-order valence-electron chi connectivity index (χ3n) is 3.70. The lowest BCUT2D eigenvalue weighted by Gasteiger charge is -2.41. The summed E-state index contributed by atoms with van der Waals surface area (Å²) in [6.07, 6.45) is 4.60. The van der Waals surface area contributed by atoms with Gasteiger partial charge in [0.15, 0.2) is 0 Å². The van der Waals surface area contributed by atoms with Gasteiger partial charge < -0.3 is 11.1 Å². The highest BCUT2D eigenvalue weighted by molar-refractivity contribution is 5.82. The summed E-state index contributed by atoms with van der Waals surface area (Å²) < 4.78 is 0. The number of rotatable bonds is 1. The summed E-state index contributed by atoms with van der Waals surface area (Å²) >= 11 is 0. The van der Waals surface area contributed by atoms with Crippen molar-refractivity contribution in [3.8, 4) is 0 Å². The molecule has 1 heterocycles. The topological polar surface area (TPSA) is 58.4 Å². The Labute approximate surface area is 91.2 Å². The maximum absolute atomic E-state index is 11.5. The van der Waals surface area contributed by atoms with Gasteiger partial charge in [0.05, 0.1) is 6.04 Å². The van der Waals surface area contributed by atoms with Gasteiger partial charge in [-0.2, -0.15) is 0 Å². The number of nitrogens with one attached hydrogen (secondary N) is 1. The molecule has 1 saturated carbocycles. The molecule has 15 heavy (non-hydrogen) atoms. The maximum Gasteiger partial charge on any atom is 0.237 e. The molecule has 1 aliphatic heterocycles. The first-order valence-corrected chi connectivity index (χ1v) is 5.97. The van der Waals surface area contributed by atoms with Crippen LogP contribution < -0.4 is 11.1 Å². The van der Waals surface area contributed by atoms with Crippen molar-refractivity contribution in [2.75, 3.05) is 13.1 Å². The molecule has 0 aromatic carbocycles. The van der Waals surface area contributed by atoms with Gasteiger partial charge in [-0.25, -0.2) is 0 Å². The van der Waals surface area contributed by atoms with E-state index in [1.807, 2.05) is 6.92 Å². The van der Waals surface area contributed by atoms with Gasteiger partial charge in [0, 0.05) is 25.2 Å². The van der Waals surface area contributed by atoms with Gasteiger partial charge in [-0.1, -0.05) is 6.42 Å². The molecule has 3 atom stereocenters. The van der Waals surface area contributed by atoms with Crippen molar-refractivity contribution in [1.82, 2.24) is 10.2 Å². The van der Waals surface area contributed by atoms with E-state index in [2.05, 4.69) is 10.2 Å². The second-order valence-corrected chi connectivity index (χ2v) is 4.79. The molecular weight excluding hydrogens is 190 g/mol. The third kappa shape index (κ3) is 2.32. The predicted octanol–water partition coefficient (Wildman–Crippen LogP) is 0.0766. The van der Waals surface area contributed by atoms with Crippen molar-refractivity contribution in [2.45, 2.75) is 50.7 Å². The van der Waals surface area contributed by atoms with Gasteiger partial charge in [0.25, 0.3) is 0 Å². The quantitative estimate of drug-likeness (QED) is 0.645. The Morgan fingerprint density at radius 3 is 3.00 bits per heavy atom. The number of nitrogens with two attached hydrogens (primary N) is 1. The van der Waals surface area contributed by atoms with E-state index in [1.54, 1.807) is 0 Å². The van der Waals surface area contributed by atoms with Crippen LogP contribution in [0.1, 0.15) is 32.6 Å². The van der Waals surface area contributed by atoms with Crippen LogP contribution >= 0.6 is 0 Å². The van der Waals surface area contributed by atoms with E-state index < -0.39 is 0 Å². The standard InChI is InChI=1S/C11H21N3O/c1-8-11(15)13-5-6-14(8)10-4-2-3-9(12)7-10/h8-10H,2-7,12H2,1H3,(H,13,15). The maximum atomic E-state index is 11.5. The zero-order valence-corrected chi connectivity index (χ0v) is 9.41. The van der Waals surface area contributed by atoms with Crippen LogP contribution in [0.3, 0.4) is 0 Å². The van der Waals surface area contributed by atoms with E-state index in [-0.39, 0.29) is 11.9 Å². The Hall–Kier alpha value is -0.610. The Kier molecular flexibility index (Phi) is 3.26. The second kappa shape index (κ2) is 4.49. The summed E-state index contributed by atoms with van der Waals surface area (Å²) in [5.41, 5.74) is 5.98. The number of piperazine rings is 1. The van der Waals surface area contributed by atoms with Gasteiger partial charge in [-0.3, -0.25) is 9.69 Å². The van der Waals surface area contributed by atoms with E-state index in [1.165, 1.54) is 12.8 Å². The van der Waals surface area contributed by atoms with Gasteiger partial charge in [0.2, 0.25) is 5.91 Å². The molecule has 0 radical (unpaired) electrons. The molecule has 1 saturated heterocycles. The average Bonchev–Trinajstić information content (AvgIpc) is 2.22. The lowest BCUT2D eigenvalue weighted by Crippen LogP contribution is -2.58. The van der Waals surface area contributed by atoms with E-state index in [0.29, 0.717) is 12.1 Å². The Balaban J connectivity index is 1.98. The van der Waals surface area contributed by atoms with E-state index in [4.69, 9.17) is 5.73 Å². The highest BCUT2D eigenvalue weighted by Gasteiger charge is 2.33. The Morgan fingerprint density at radius 2 is 2.27 bits per heavy atom. The van der Waals surface area contributed by atoms with Crippen molar-refractivity contribution in [3.05, 3.63) is 0 Å². The first kappa shape index (κ1) is 10.9. The smallest absolute Gasteiger partial charge is 0.237 e. The average molecular weight is 211 g/mol. The van der Waals surface area contributed by atoms with Crippen LogP contribution in [0, 0.1) is 0 Å². The largest absolute Gasteiger partial charge is 0.353 e. The number of amides is 1. The molecular formula is C11H21N3O. The van der Waals surface area contributed by atoms with E-state index in [0.717, 1.165) is 25.9 Å². The Morgan fingerprint density at radius 1 is 1.47 bits per heavy atom. The zero-order valence-electron chi connectivity index (χ0n) is 9.41. The van der Waals surface area contributed by atoms with Crippen molar-refractivity contribution < 1.29 is 4.79 Å². The van der Waals surface area contributed by atoms with Gasteiger partial charge in [-0.05, 0) is 26.2 Å². The molecule has 0 aromatic rings. The molecule has 4 heteroatoms. The van der Waals surface area contributed by atoms with Crippen molar-refractivity contribution in [3.63, 3.8) is 0 Å². The lowest BCUT2D eigenvalue weighted by molar-refractivity contribution is -0.129. The SMILES string of the molecule is CC1C(=O)NCCN1C1CCCC(N)C1. The summed E-state index contributed by atoms with van der Waals surface area (Å²) in [6, 6.07) is 0.879. The Bertz CT molecular complexity index is 244. The van der Waals surface area contributed by atoms with Crippen molar-refractivity contribution in [1.29, 1.82) is 0 Å². The van der Waals surface area contributed by atoms with Crippen LogP contribution in [0.5, 0.6) is 0 Å². The molecule has 0 bridgehead atoms. The van der Waals surface area contributed by atoms with Crippen LogP contribution in [-0.2, 0) is 4.79 Å². The molecule has 0 spiro atoms. The van der Waals surface area contributed by atoms with Gasteiger partial charge in [-0.15, -0.1) is 0 Å². The first-order valence-electron chi connectivity index (χ1n) is 5.97. The summed E-state index contributed by atoms with van der Waals surface area (Å²) in [5, 5.41) is 2.90. The van der Waals surface area contributed by atoms with Gasteiger partial charge >= 0.3 is 0 Å². The molecule has 2 aliphatic rings. The molecule has 3 unspecified atom stereocenters. The molecule has 1 aliphatic carbocycles. The number of carbonyl (C=O) groups excluding carboxylic acids is 1. The number of hydrogen-bond acceptors (Lipinski definition) is 3. The summed E-state index contributed by atoms with van der Waals surface area (Å²) in [6.45, 7) is 3.76. The zero-order chi connectivity index (χ0) is 10.8. The molecule has 2 rings (SSSR count). The van der Waals surface area contributed by atoms with E-state index in [9.17, 15) is 4.79 Å². The lowest BCUT2D eigenvalue weighted by atomic mass is 9.89. The molecule has 1 amide bonds. The monoisotopic (exact) mass is 211 g/mol. The summed E-state index contributed by atoms with van der Waals surface area (Å²) in [7, 11) is 0. The molecule has 86 valence electrons. The first-order chi connectivity index (χ1) is 7.18. The molecule has 2 fully saturated rings. The minimum absolute atomic E-state index is 0.0223. The summed E-state index contributed by atoms with van der Waals surface area (Å²) in [4.78, 5) is 13.9. The molecule has 4 nitrogen and oxygen atoms in total. The van der Waals surface area contributed by atoms with Crippen molar-refractivity contribution >= 4 is 5.91 Å². The van der Waals surface area contributed by atoms with Crippen LogP contribution in [0.15, 0.2) is 0 Å². The minimum atomic E-state index is 0.0223. The van der Waals surface area contributed by atoms with Crippen LogP contribution in [0.25, 0.3) is 0 Å². The minimum Gasteiger partial charge on any atom is -0.353 e. The highest BCUT2D eigenvalue weighted by Crippen LogP contribution is 2.24. The number of carbonyl (C=O) groups is 1. The van der Waals surface area contributed by atoms with E-state index >= 15 is 0 Å². The fourth-order valence-electron chi connectivity index (χ4n) is 2.80. The molecule has 3 N–H and O–H groups in total.